The monoisotopic (exact) mass is 375 g/mol. The van der Waals surface area contributed by atoms with E-state index in [-0.39, 0.29) is 11.9 Å². The van der Waals surface area contributed by atoms with Gasteiger partial charge in [0.2, 0.25) is 0 Å². The molecule has 1 amide bonds. The Morgan fingerprint density at radius 1 is 1.15 bits per heavy atom. The molecule has 1 saturated heterocycles. The van der Waals surface area contributed by atoms with Gasteiger partial charge >= 0.3 is 0 Å². The molecule has 1 aliphatic heterocycles. The van der Waals surface area contributed by atoms with Gasteiger partial charge < -0.3 is 4.90 Å². The summed E-state index contributed by atoms with van der Waals surface area (Å²) in [5.41, 5.74) is 2.24. The fraction of sp³-hybridized carbons (Fsp3) is 0.273. The average molecular weight is 375 g/mol. The molecule has 1 atom stereocenters. The molecule has 0 spiro atoms. The summed E-state index contributed by atoms with van der Waals surface area (Å²) in [4.78, 5) is 17.3. The van der Waals surface area contributed by atoms with Gasteiger partial charge in [0.1, 0.15) is 4.83 Å². The molecule has 0 saturated carbocycles. The maximum absolute atomic E-state index is 13.4. The van der Waals surface area contributed by atoms with Gasteiger partial charge in [0.25, 0.3) is 5.91 Å². The number of likely N-dealkylation sites (tertiary alicyclic amines) is 1. The first kappa shape index (κ1) is 16.5. The minimum atomic E-state index is 0.144. The molecular weight excluding hydrogens is 354 g/mol. The van der Waals surface area contributed by atoms with Crippen LogP contribution in [0, 0.1) is 6.92 Å². The van der Waals surface area contributed by atoms with Crippen LogP contribution in [0.15, 0.2) is 48.5 Å². The third kappa shape index (κ3) is 2.57. The fourth-order valence-corrected chi connectivity index (χ4v) is 5.41. The summed E-state index contributed by atoms with van der Waals surface area (Å²) in [6.07, 6.45) is 2.07. The van der Waals surface area contributed by atoms with Gasteiger partial charge in [-0.15, -0.1) is 11.3 Å². The van der Waals surface area contributed by atoms with Crippen LogP contribution in [0.5, 0.6) is 0 Å². The molecule has 27 heavy (non-hydrogen) atoms. The number of nitrogens with zero attached hydrogens (tertiary/aromatic N) is 3. The summed E-state index contributed by atoms with van der Waals surface area (Å²) >= 11 is 1.55. The maximum Gasteiger partial charge on any atom is 0.264 e. The van der Waals surface area contributed by atoms with E-state index in [1.54, 1.807) is 11.3 Å². The molecule has 1 fully saturated rings. The van der Waals surface area contributed by atoms with Gasteiger partial charge in [-0.1, -0.05) is 42.5 Å². The van der Waals surface area contributed by atoms with Crippen LogP contribution in [0.25, 0.3) is 21.0 Å². The standard InChI is InChI=1S/C22H21N3OS/c1-14-18-13-20(27-22(18)24(2)23-14)21(26)25-12-6-11-19(25)17-10-5-8-15-7-3-4-9-16(15)17/h3-5,7-10,13,19H,6,11-12H2,1-2H3. The highest BCUT2D eigenvalue weighted by atomic mass is 32.1. The Hall–Kier alpha value is -2.66. The second-order valence-electron chi connectivity index (χ2n) is 7.26. The van der Waals surface area contributed by atoms with Gasteiger partial charge in [0.15, 0.2) is 0 Å². The van der Waals surface area contributed by atoms with E-state index in [0.29, 0.717) is 0 Å². The second-order valence-corrected chi connectivity index (χ2v) is 8.29. The predicted octanol–water partition coefficient (Wildman–Crippen LogP) is 5.07. The van der Waals surface area contributed by atoms with Crippen molar-refractivity contribution in [3.8, 4) is 0 Å². The van der Waals surface area contributed by atoms with Crippen LogP contribution in [0.3, 0.4) is 0 Å². The third-order valence-corrected chi connectivity index (χ3v) is 6.79. The number of benzene rings is 2. The van der Waals surface area contributed by atoms with Gasteiger partial charge in [-0.25, -0.2) is 0 Å². The van der Waals surface area contributed by atoms with Crippen LogP contribution < -0.4 is 0 Å². The van der Waals surface area contributed by atoms with Crippen LogP contribution in [0.4, 0.5) is 0 Å². The number of rotatable bonds is 2. The molecule has 1 unspecified atom stereocenters. The lowest BCUT2D eigenvalue weighted by molar-refractivity contribution is 0.0741. The lowest BCUT2D eigenvalue weighted by Crippen LogP contribution is -2.30. The minimum Gasteiger partial charge on any atom is -0.331 e. The van der Waals surface area contributed by atoms with Gasteiger partial charge in [0, 0.05) is 19.0 Å². The molecule has 0 bridgehead atoms. The minimum absolute atomic E-state index is 0.144. The zero-order chi connectivity index (χ0) is 18.5. The van der Waals surface area contributed by atoms with Gasteiger partial charge in [-0.3, -0.25) is 9.48 Å². The number of amides is 1. The van der Waals surface area contributed by atoms with E-state index in [0.717, 1.165) is 40.2 Å². The number of thiophene rings is 1. The third-order valence-electron chi connectivity index (χ3n) is 5.60. The average Bonchev–Trinajstić information content (AvgIpc) is 3.39. The van der Waals surface area contributed by atoms with Crippen LogP contribution in [-0.4, -0.2) is 27.1 Å². The Kier molecular flexibility index (Phi) is 3.79. The fourth-order valence-electron chi connectivity index (χ4n) is 4.33. The highest BCUT2D eigenvalue weighted by Crippen LogP contribution is 2.38. The number of fused-ring (bicyclic) bond motifs is 2. The van der Waals surface area contributed by atoms with E-state index < -0.39 is 0 Å². The Balaban J connectivity index is 1.55. The van der Waals surface area contributed by atoms with E-state index in [4.69, 9.17) is 0 Å². The summed E-state index contributed by atoms with van der Waals surface area (Å²) in [6.45, 7) is 2.82. The van der Waals surface area contributed by atoms with Crippen LogP contribution in [0.2, 0.25) is 0 Å². The van der Waals surface area contributed by atoms with E-state index in [1.165, 1.54) is 16.3 Å². The molecule has 4 nitrogen and oxygen atoms in total. The van der Waals surface area contributed by atoms with Crippen molar-refractivity contribution < 1.29 is 4.79 Å². The van der Waals surface area contributed by atoms with Gasteiger partial charge in [0.05, 0.1) is 16.6 Å². The molecule has 5 heteroatoms. The number of carbonyl (C=O) groups excluding carboxylic acids is 1. The SMILES string of the molecule is Cc1nn(C)c2sc(C(=O)N3CCCC3c3cccc4ccccc34)cc12. The van der Waals surface area contributed by atoms with Crippen molar-refractivity contribution in [3.05, 3.63) is 64.7 Å². The number of hydrogen-bond acceptors (Lipinski definition) is 3. The lowest BCUT2D eigenvalue weighted by Gasteiger charge is -2.25. The van der Waals surface area contributed by atoms with Gasteiger partial charge in [-0.2, -0.15) is 5.10 Å². The van der Waals surface area contributed by atoms with E-state index >= 15 is 0 Å². The van der Waals surface area contributed by atoms with Crippen molar-refractivity contribution in [2.45, 2.75) is 25.8 Å². The number of aryl methyl sites for hydroxylation is 2. The molecule has 0 aliphatic carbocycles. The second kappa shape index (κ2) is 6.20. The van der Waals surface area contributed by atoms with Gasteiger partial charge in [-0.05, 0) is 42.2 Å². The summed E-state index contributed by atoms with van der Waals surface area (Å²) in [5, 5.41) is 8.02. The maximum atomic E-state index is 13.4. The van der Waals surface area contributed by atoms with E-state index in [9.17, 15) is 4.79 Å². The van der Waals surface area contributed by atoms with Crippen molar-refractivity contribution >= 4 is 38.2 Å². The van der Waals surface area contributed by atoms with Crippen LogP contribution >= 0.6 is 11.3 Å². The first-order chi connectivity index (χ1) is 13.1. The molecule has 5 rings (SSSR count). The Morgan fingerprint density at radius 2 is 1.96 bits per heavy atom. The Morgan fingerprint density at radius 3 is 2.81 bits per heavy atom. The molecule has 4 aromatic rings. The van der Waals surface area contributed by atoms with E-state index in [2.05, 4.69) is 52.5 Å². The Bertz CT molecular complexity index is 1130. The van der Waals surface area contributed by atoms with Crippen LogP contribution in [0.1, 0.15) is 39.8 Å². The summed E-state index contributed by atoms with van der Waals surface area (Å²) in [6, 6.07) is 17.0. The first-order valence-corrected chi connectivity index (χ1v) is 10.2. The Labute approximate surface area is 162 Å². The van der Waals surface area contributed by atoms with Crippen molar-refractivity contribution in [3.63, 3.8) is 0 Å². The molecule has 2 aromatic carbocycles. The number of aromatic nitrogens is 2. The predicted molar refractivity (Wildman–Crippen MR) is 110 cm³/mol. The zero-order valence-electron chi connectivity index (χ0n) is 15.5. The van der Waals surface area contributed by atoms with Crippen molar-refractivity contribution in [2.75, 3.05) is 6.54 Å². The normalized spacial score (nSPS) is 17.3. The van der Waals surface area contributed by atoms with Crippen molar-refractivity contribution in [1.82, 2.24) is 14.7 Å². The zero-order valence-corrected chi connectivity index (χ0v) is 16.3. The largest absolute Gasteiger partial charge is 0.331 e. The molecule has 136 valence electrons. The summed E-state index contributed by atoms with van der Waals surface area (Å²) in [7, 11) is 1.94. The topological polar surface area (TPSA) is 38.1 Å². The van der Waals surface area contributed by atoms with Crippen LogP contribution in [-0.2, 0) is 7.05 Å². The number of hydrogen-bond donors (Lipinski definition) is 0. The highest BCUT2D eigenvalue weighted by molar-refractivity contribution is 7.20. The number of carbonyl (C=O) groups is 1. The molecular formula is C22H21N3OS. The lowest BCUT2D eigenvalue weighted by atomic mass is 9.97. The van der Waals surface area contributed by atoms with E-state index in [1.807, 2.05) is 24.7 Å². The molecule has 2 aromatic heterocycles. The van der Waals surface area contributed by atoms with Crippen molar-refractivity contribution in [2.24, 2.45) is 7.05 Å². The highest BCUT2D eigenvalue weighted by Gasteiger charge is 2.32. The summed E-state index contributed by atoms with van der Waals surface area (Å²) in [5.74, 6) is 0.144. The molecule has 0 radical (unpaired) electrons. The summed E-state index contributed by atoms with van der Waals surface area (Å²) < 4.78 is 1.87. The van der Waals surface area contributed by atoms with Crippen molar-refractivity contribution in [1.29, 1.82) is 0 Å². The smallest absolute Gasteiger partial charge is 0.264 e. The molecule has 0 N–H and O–H groups in total. The molecule has 1 aliphatic rings. The quantitative estimate of drug-likeness (QED) is 0.490. The first-order valence-electron chi connectivity index (χ1n) is 9.35. The molecule has 3 heterocycles.